The molecule has 1 amide bonds. The Morgan fingerprint density at radius 1 is 1.38 bits per heavy atom. The highest BCUT2D eigenvalue weighted by atomic mass is 16.6. The molecular weight excluding hydrogens is 272 g/mol. The number of piperidine rings is 1. The molecule has 0 spiro atoms. The van der Waals surface area contributed by atoms with Gasteiger partial charge in [-0.2, -0.15) is 0 Å². The van der Waals surface area contributed by atoms with Crippen LogP contribution in [-0.4, -0.2) is 53.9 Å². The summed E-state index contributed by atoms with van der Waals surface area (Å²) in [6, 6.07) is 4.45. The third kappa shape index (κ3) is 3.30. The number of amides is 1. The summed E-state index contributed by atoms with van der Waals surface area (Å²) in [5, 5.41) is 10.8. The van der Waals surface area contributed by atoms with Gasteiger partial charge in [0.2, 0.25) is 0 Å². The Kier molecular flexibility index (Phi) is 4.42. The first-order chi connectivity index (χ1) is 9.90. The molecule has 0 unspecified atom stereocenters. The largest absolute Gasteiger partial charge is 0.398 e. The number of anilines is 1. The van der Waals surface area contributed by atoms with E-state index in [1.54, 1.807) is 4.90 Å². The first-order valence-electron chi connectivity index (χ1n) is 6.89. The van der Waals surface area contributed by atoms with Crippen molar-refractivity contribution in [1.82, 2.24) is 9.80 Å². The molecule has 1 aromatic rings. The monoisotopic (exact) mass is 292 g/mol. The highest BCUT2D eigenvalue weighted by Crippen LogP contribution is 2.23. The van der Waals surface area contributed by atoms with Crippen LogP contribution >= 0.6 is 0 Å². The smallest absolute Gasteiger partial charge is 0.270 e. The van der Waals surface area contributed by atoms with Crippen LogP contribution in [0.25, 0.3) is 0 Å². The Balaban J connectivity index is 2.14. The summed E-state index contributed by atoms with van der Waals surface area (Å²) in [7, 11) is 4.06. The number of rotatable bonds is 3. The average Bonchev–Trinajstić information content (AvgIpc) is 2.47. The van der Waals surface area contributed by atoms with Crippen LogP contribution in [0, 0.1) is 10.1 Å². The van der Waals surface area contributed by atoms with Crippen molar-refractivity contribution in [2.75, 3.05) is 32.9 Å². The lowest BCUT2D eigenvalue weighted by Gasteiger charge is -2.35. The minimum atomic E-state index is -0.519. The lowest BCUT2D eigenvalue weighted by atomic mass is 10.0. The molecule has 1 aliphatic rings. The number of nitro benzene ring substituents is 1. The Morgan fingerprint density at radius 2 is 2.00 bits per heavy atom. The number of benzene rings is 1. The number of hydrogen-bond acceptors (Lipinski definition) is 5. The minimum absolute atomic E-state index is 0.115. The third-order valence-corrected chi connectivity index (χ3v) is 3.96. The molecule has 0 aliphatic carbocycles. The highest BCUT2D eigenvalue weighted by molar-refractivity contribution is 5.99. The van der Waals surface area contributed by atoms with Crippen molar-refractivity contribution in [3.63, 3.8) is 0 Å². The molecule has 1 aliphatic heterocycles. The number of likely N-dealkylation sites (tertiary alicyclic amines) is 1. The molecule has 1 aromatic carbocycles. The molecule has 0 atom stereocenters. The van der Waals surface area contributed by atoms with E-state index < -0.39 is 4.92 Å². The van der Waals surface area contributed by atoms with Gasteiger partial charge >= 0.3 is 0 Å². The molecule has 2 N–H and O–H groups in total. The second-order valence-electron chi connectivity index (χ2n) is 5.52. The van der Waals surface area contributed by atoms with Crippen LogP contribution in [0.4, 0.5) is 11.4 Å². The Labute approximate surface area is 123 Å². The molecular formula is C14H20N4O3. The summed E-state index contributed by atoms with van der Waals surface area (Å²) in [5.74, 6) is -0.228. The normalized spacial score (nSPS) is 16.2. The van der Waals surface area contributed by atoms with Crippen molar-refractivity contribution < 1.29 is 9.72 Å². The maximum absolute atomic E-state index is 12.5. The van der Waals surface area contributed by atoms with Crippen LogP contribution in [0.3, 0.4) is 0 Å². The summed E-state index contributed by atoms with van der Waals surface area (Å²) < 4.78 is 0. The lowest BCUT2D eigenvalue weighted by Crippen LogP contribution is -2.44. The number of hydrogen-bond donors (Lipinski definition) is 1. The van der Waals surface area contributed by atoms with Gasteiger partial charge in [0, 0.05) is 37.0 Å². The predicted octanol–water partition coefficient (Wildman–Crippen LogP) is 1.34. The molecule has 21 heavy (non-hydrogen) atoms. The zero-order valence-corrected chi connectivity index (χ0v) is 12.3. The van der Waals surface area contributed by atoms with E-state index in [-0.39, 0.29) is 22.8 Å². The number of nitrogens with two attached hydrogens (primary N) is 1. The SMILES string of the molecule is CN(C)C1CCN(C(=O)c2cc([N+](=O)[O-])ccc2N)CC1. The third-order valence-electron chi connectivity index (χ3n) is 3.96. The van der Waals surface area contributed by atoms with Gasteiger partial charge in [0.25, 0.3) is 11.6 Å². The molecule has 0 bridgehead atoms. The minimum Gasteiger partial charge on any atom is -0.398 e. The van der Waals surface area contributed by atoms with E-state index in [0.717, 1.165) is 12.8 Å². The van der Waals surface area contributed by atoms with Gasteiger partial charge in [0.1, 0.15) is 0 Å². The standard InChI is InChI=1S/C14H20N4O3/c1-16(2)10-5-7-17(8-6-10)14(19)12-9-11(18(20)21)3-4-13(12)15/h3-4,9-10H,5-8,15H2,1-2H3. The fourth-order valence-electron chi connectivity index (χ4n) is 2.60. The number of nitrogen functional groups attached to an aromatic ring is 1. The fourth-order valence-corrected chi connectivity index (χ4v) is 2.60. The topological polar surface area (TPSA) is 92.7 Å². The first kappa shape index (κ1) is 15.2. The summed E-state index contributed by atoms with van der Waals surface area (Å²) in [6.45, 7) is 1.29. The van der Waals surface area contributed by atoms with Gasteiger partial charge in [-0.15, -0.1) is 0 Å². The summed E-state index contributed by atoms with van der Waals surface area (Å²) in [5.41, 5.74) is 6.17. The molecule has 7 nitrogen and oxygen atoms in total. The molecule has 0 radical (unpaired) electrons. The Bertz CT molecular complexity index is 551. The fraction of sp³-hybridized carbons (Fsp3) is 0.500. The van der Waals surface area contributed by atoms with E-state index in [4.69, 9.17) is 5.73 Å². The van der Waals surface area contributed by atoms with E-state index in [1.165, 1.54) is 18.2 Å². The number of non-ortho nitro benzene ring substituents is 1. The van der Waals surface area contributed by atoms with E-state index in [1.807, 2.05) is 14.1 Å². The predicted molar refractivity (Wildman–Crippen MR) is 80.1 cm³/mol. The maximum Gasteiger partial charge on any atom is 0.270 e. The number of carbonyl (C=O) groups is 1. The van der Waals surface area contributed by atoms with Gasteiger partial charge in [-0.25, -0.2) is 0 Å². The molecule has 0 aromatic heterocycles. The molecule has 1 fully saturated rings. The van der Waals surface area contributed by atoms with E-state index in [2.05, 4.69) is 4.90 Å². The van der Waals surface area contributed by atoms with Gasteiger partial charge in [-0.1, -0.05) is 0 Å². The number of nitro groups is 1. The number of nitrogens with zero attached hydrogens (tertiary/aromatic N) is 3. The summed E-state index contributed by atoms with van der Waals surface area (Å²) >= 11 is 0. The molecule has 114 valence electrons. The van der Waals surface area contributed by atoms with Gasteiger partial charge < -0.3 is 15.5 Å². The molecule has 0 saturated carbocycles. The van der Waals surface area contributed by atoms with Crippen molar-refractivity contribution in [3.05, 3.63) is 33.9 Å². The first-order valence-corrected chi connectivity index (χ1v) is 6.89. The van der Waals surface area contributed by atoms with E-state index in [0.29, 0.717) is 19.1 Å². The van der Waals surface area contributed by atoms with Gasteiger partial charge in [0.15, 0.2) is 0 Å². The summed E-state index contributed by atoms with van der Waals surface area (Å²) in [4.78, 5) is 26.7. The van der Waals surface area contributed by atoms with Crippen LogP contribution in [0.5, 0.6) is 0 Å². The van der Waals surface area contributed by atoms with Crippen LogP contribution in [0.1, 0.15) is 23.2 Å². The Hall–Kier alpha value is -2.15. The zero-order valence-electron chi connectivity index (χ0n) is 12.3. The quantitative estimate of drug-likeness (QED) is 0.515. The number of carbonyl (C=O) groups excluding carboxylic acids is 1. The van der Waals surface area contributed by atoms with Gasteiger partial charge in [-0.3, -0.25) is 14.9 Å². The molecule has 7 heteroatoms. The maximum atomic E-state index is 12.5. The average molecular weight is 292 g/mol. The zero-order chi connectivity index (χ0) is 15.6. The van der Waals surface area contributed by atoms with Crippen LogP contribution < -0.4 is 5.73 Å². The molecule has 1 heterocycles. The van der Waals surface area contributed by atoms with Crippen molar-refractivity contribution >= 4 is 17.3 Å². The van der Waals surface area contributed by atoms with Gasteiger partial charge in [-0.05, 0) is 33.0 Å². The van der Waals surface area contributed by atoms with E-state index in [9.17, 15) is 14.9 Å². The second-order valence-corrected chi connectivity index (χ2v) is 5.52. The van der Waals surface area contributed by atoms with Crippen LogP contribution in [0.2, 0.25) is 0 Å². The van der Waals surface area contributed by atoms with Crippen molar-refractivity contribution in [2.24, 2.45) is 0 Å². The van der Waals surface area contributed by atoms with E-state index >= 15 is 0 Å². The highest BCUT2D eigenvalue weighted by Gasteiger charge is 2.26. The second kappa shape index (κ2) is 6.09. The summed E-state index contributed by atoms with van der Waals surface area (Å²) in [6.07, 6.45) is 1.79. The van der Waals surface area contributed by atoms with Crippen molar-refractivity contribution in [1.29, 1.82) is 0 Å². The Morgan fingerprint density at radius 3 is 2.52 bits per heavy atom. The van der Waals surface area contributed by atoms with Crippen molar-refractivity contribution in [2.45, 2.75) is 18.9 Å². The van der Waals surface area contributed by atoms with Crippen LogP contribution in [0.15, 0.2) is 18.2 Å². The molecule has 1 saturated heterocycles. The van der Waals surface area contributed by atoms with Crippen molar-refractivity contribution in [3.8, 4) is 0 Å². The van der Waals surface area contributed by atoms with Gasteiger partial charge in [0.05, 0.1) is 10.5 Å². The lowest BCUT2D eigenvalue weighted by molar-refractivity contribution is -0.384. The molecule has 2 rings (SSSR count). The van der Waals surface area contributed by atoms with Crippen LogP contribution in [-0.2, 0) is 0 Å².